The summed E-state index contributed by atoms with van der Waals surface area (Å²) in [6.07, 6.45) is 4.70. The Balaban J connectivity index is 1.52. The van der Waals surface area contributed by atoms with Crippen LogP contribution in [0, 0.1) is 13.8 Å². The van der Waals surface area contributed by atoms with Crippen LogP contribution in [-0.2, 0) is 11.3 Å². The van der Waals surface area contributed by atoms with Crippen molar-refractivity contribution in [3.8, 4) is 0 Å². The number of benzene rings is 1. The number of amides is 1. The van der Waals surface area contributed by atoms with Gasteiger partial charge in [-0.15, -0.1) is 0 Å². The lowest BCUT2D eigenvalue weighted by Crippen LogP contribution is -2.44. The zero-order valence-electron chi connectivity index (χ0n) is 16.1. The third-order valence-electron chi connectivity index (χ3n) is 6.22. The maximum atomic E-state index is 13.2. The molecule has 2 aromatic rings. The number of fused-ring (bicyclic) bond motifs is 1. The molecule has 0 unspecified atom stereocenters. The number of hydrogen-bond donors (Lipinski definition) is 1. The molecule has 2 fully saturated rings. The van der Waals surface area contributed by atoms with Gasteiger partial charge in [-0.05, 0) is 57.7 Å². The average molecular weight is 365 g/mol. The maximum Gasteiger partial charge on any atom is 0.258 e. The van der Waals surface area contributed by atoms with Crippen LogP contribution in [-0.4, -0.2) is 34.1 Å². The number of anilines is 1. The van der Waals surface area contributed by atoms with Gasteiger partial charge in [0.15, 0.2) is 0 Å². The number of aryl methyl sites for hydroxylation is 1. The van der Waals surface area contributed by atoms with Crippen LogP contribution in [0.4, 0.5) is 5.69 Å². The van der Waals surface area contributed by atoms with Gasteiger partial charge in [0, 0.05) is 41.8 Å². The summed E-state index contributed by atoms with van der Waals surface area (Å²) in [4.78, 5) is 15.3. The van der Waals surface area contributed by atoms with E-state index in [0.717, 1.165) is 50.1 Å². The van der Waals surface area contributed by atoms with Crippen LogP contribution in [0.15, 0.2) is 30.3 Å². The summed E-state index contributed by atoms with van der Waals surface area (Å²) in [5, 5.41) is 3.65. The molecule has 1 saturated carbocycles. The van der Waals surface area contributed by atoms with Gasteiger partial charge in [-0.25, -0.2) is 0 Å². The van der Waals surface area contributed by atoms with E-state index in [0.29, 0.717) is 12.1 Å². The summed E-state index contributed by atoms with van der Waals surface area (Å²) in [7, 11) is 0. The number of hydrogen-bond acceptors (Lipinski definition) is 3. The van der Waals surface area contributed by atoms with Gasteiger partial charge >= 0.3 is 0 Å². The Kier molecular flexibility index (Phi) is 4.01. The number of nitrogens with zero attached hydrogens (tertiary/aromatic N) is 2. The lowest BCUT2D eigenvalue weighted by molar-refractivity contribution is 0.0665. The van der Waals surface area contributed by atoms with Gasteiger partial charge in [-0.3, -0.25) is 4.79 Å². The molecule has 1 N–H and O–H groups in total. The third-order valence-corrected chi connectivity index (χ3v) is 6.22. The third kappa shape index (κ3) is 2.85. The molecule has 1 aromatic heterocycles. The molecule has 142 valence electrons. The second-order valence-electron chi connectivity index (χ2n) is 8.11. The van der Waals surface area contributed by atoms with E-state index < -0.39 is 0 Å². The van der Waals surface area contributed by atoms with Crippen molar-refractivity contribution in [1.82, 2.24) is 9.47 Å². The molecule has 2 aliphatic heterocycles. The number of aromatic nitrogens is 1. The van der Waals surface area contributed by atoms with Crippen LogP contribution < -0.4 is 5.32 Å². The zero-order valence-corrected chi connectivity index (χ0v) is 16.1. The molecule has 5 rings (SSSR count). The van der Waals surface area contributed by atoms with Crippen molar-refractivity contribution in [2.75, 3.05) is 11.9 Å². The van der Waals surface area contributed by atoms with Crippen molar-refractivity contribution in [3.63, 3.8) is 0 Å². The van der Waals surface area contributed by atoms with Crippen LogP contribution in [0.2, 0.25) is 0 Å². The Morgan fingerprint density at radius 1 is 1.19 bits per heavy atom. The Morgan fingerprint density at radius 2 is 2.00 bits per heavy atom. The van der Waals surface area contributed by atoms with Crippen LogP contribution in [0.1, 0.15) is 59.2 Å². The van der Waals surface area contributed by atoms with E-state index in [1.54, 1.807) is 0 Å². The van der Waals surface area contributed by atoms with Gasteiger partial charge in [0.05, 0.1) is 11.7 Å². The Hall–Kier alpha value is -2.27. The number of carbonyl (C=O) groups is 1. The molecule has 1 amide bonds. The first-order valence-corrected chi connectivity index (χ1v) is 10.1. The summed E-state index contributed by atoms with van der Waals surface area (Å²) in [5.41, 5.74) is 5.41. The predicted octanol–water partition coefficient (Wildman–Crippen LogP) is 4.01. The molecule has 1 aliphatic carbocycles. The van der Waals surface area contributed by atoms with Crippen molar-refractivity contribution in [1.29, 1.82) is 0 Å². The Bertz CT molecular complexity index is 878. The number of ether oxygens (including phenoxy) is 1. The number of para-hydroxylation sites is 1. The molecule has 0 bridgehead atoms. The Morgan fingerprint density at radius 3 is 2.74 bits per heavy atom. The van der Waals surface area contributed by atoms with Crippen LogP contribution in [0.3, 0.4) is 0 Å². The van der Waals surface area contributed by atoms with E-state index in [1.165, 1.54) is 17.0 Å². The molecular formula is C22H27N3O2. The summed E-state index contributed by atoms with van der Waals surface area (Å²) in [6, 6.07) is 10.5. The molecule has 5 heteroatoms. The van der Waals surface area contributed by atoms with E-state index in [2.05, 4.69) is 34.7 Å². The molecule has 0 radical (unpaired) electrons. The van der Waals surface area contributed by atoms with Gasteiger partial charge < -0.3 is 19.5 Å². The van der Waals surface area contributed by atoms with Crippen LogP contribution in [0.25, 0.3) is 0 Å². The van der Waals surface area contributed by atoms with Gasteiger partial charge in [0.2, 0.25) is 0 Å². The SMILES string of the molecule is Cc1cc([C@@H]2Nc3ccccc3C(=O)N2C2CC2)c(C)n1C[C@H]1CCCO1. The first-order valence-electron chi connectivity index (χ1n) is 10.1. The van der Waals surface area contributed by atoms with Crippen LogP contribution in [0.5, 0.6) is 0 Å². The lowest BCUT2D eigenvalue weighted by Gasteiger charge is -2.38. The van der Waals surface area contributed by atoms with Crippen LogP contribution >= 0.6 is 0 Å². The maximum absolute atomic E-state index is 13.2. The Labute approximate surface area is 160 Å². The largest absolute Gasteiger partial charge is 0.376 e. The zero-order chi connectivity index (χ0) is 18.5. The molecule has 2 atom stereocenters. The number of nitrogens with one attached hydrogen (secondary N) is 1. The quantitative estimate of drug-likeness (QED) is 0.890. The fourth-order valence-electron chi connectivity index (χ4n) is 4.60. The van der Waals surface area contributed by atoms with Gasteiger partial charge in [-0.2, -0.15) is 0 Å². The summed E-state index contributed by atoms with van der Waals surface area (Å²) in [6.45, 7) is 6.11. The fraction of sp³-hybridized carbons (Fsp3) is 0.500. The standard InChI is InChI=1S/C22H27N3O2/c1-14-12-19(15(2)24(14)13-17-6-5-11-27-17)21-23-20-8-4-3-7-18(20)22(26)25(21)16-9-10-16/h3-4,7-8,12,16-17,21,23H,5-6,9-11,13H2,1-2H3/t17-,21-/m1/s1. The highest BCUT2D eigenvalue weighted by atomic mass is 16.5. The normalized spacial score (nSPS) is 24.8. The minimum atomic E-state index is -0.0932. The molecule has 5 nitrogen and oxygen atoms in total. The smallest absolute Gasteiger partial charge is 0.258 e. The molecule has 1 aromatic carbocycles. The van der Waals surface area contributed by atoms with Crippen molar-refractivity contribution in [2.24, 2.45) is 0 Å². The molecular weight excluding hydrogens is 338 g/mol. The minimum Gasteiger partial charge on any atom is -0.376 e. The lowest BCUT2D eigenvalue weighted by atomic mass is 10.0. The minimum absolute atomic E-state index is 0.0932. The monoisotopic (exact) mass is 365 g/mol. The molecule has 3 aliphatic rings. The van der Waals surface area contributed by atoms with E-state index in [1.807, 2.05) is 24.3 Å². The first-order chi connectivity index (χ1) is 13.1. The topological polar surface area (TPSA) is 46.5 Å². The highest BCUT2D eigenvalue weighted by Crippen LogP contribution is 2.42. The molecule has 0 spiro atoms. The molecule has 1 saturated heterocycles. The molecule has 3 heterocycles. The first kappa shape index (κ1) is 16.9. The highest BCUT2D eigenvalue weighted by Gasteiger charge is 2.43. The van der Waals surface area contributed by atoms with Gasteiger partial charge in [0.25, 0.3) is 5.91 Å². The van der Waals surface area contributed by atoms with E-state index in [9.17, 15) is 4.79 Å². The van der Waals surface area contributed by atoms with E-state index in [-0.39, 0.29) is 12.1 Å². The van der Waals surface area contributed by atoms with Crippen molar-refractivity contribution in [2.45, 2.75) is 64.4 Å². The number of carbonyl (C=O) groups excluding carboxylic acids is 1. The van der Waals surface area contributed by atoms with Crippen molar-refractivity contribution in [3.05, 3.63) is 52.8 Å². The average Bonchev–Trinajstić information content (AvgIpc) is 3.30. The second kappa shape index (κ2) is 6.41. The summed E-state index contributed by atoms with van der Waals surface area (Å²) in [5.74, 6) is 0.153. The summed E-state index contributed by atoms with van der Waals surface area (Å²) < 4.78 is 8.22. The van der Waals surface area contributed by atoms with Crippen molar-refractivity contribution < 1.29 is 9.53 Å². The molecule has 27 heavy (non-hydrogen) atoms. The van der Waals surface area contributed by atoms with Gasteiger partial charge in [0.1, 0.15) is 6.17 Å². The highest BCUT2D eigenvalue weighted by molar-refractivity contribution is 6.02. The fourth-order valence-corrected chi connectivity index (χ4v) is 4.60. The number of rotatable bonds is 4. The summed E-state index contributed by atoms with van der Waals surface area (Å²) >= 11 is 0. The van der Waals surface area contributed by atoms with E-state index >= 15 is 0 Å². The predicted molar refractivity (Wildman–Crippen MR) is 105 cm³/mol. The van der Waals surface area contributed by atoms with Crippen molar-refractivity contribution >= 4 is 11.6 Å². The van der Waals surface area contributed by atoms with Gasteiger partial charge in [-0.1, -0.05) is 12.1 Å². The second-order valence-corrected chi connectivity index (χ2v) is 8.11. The van der Waals surface area contributed by atoms with E-state index in [4.69, 9.17) is 4.74 Å².